The molecule has 1 unspecified atom stereocenters. The Kier molecular flexibility index (Phi) is 5.07. The van der Waals surface area contributed by atoms with E-state index in [2.05, 4.69) is 0 Å². The number of rotatable bonds is 2. The van der Waals surface area contributed by atoms with Crippen LogP contribution in [0, 0.1) is 0 Å². The SMILES string of the molecule is O=C(c1c(Cl)cccc1Cl)N1CCC(c2ccc(Cl)c(Cl)c2)C1. The van der Waals surface area contributed by atoms with Crippen LogP contribution in [0.1, 0.15) is 28.3 Å². The van der Waals surface area contributed by atoms with Crippen molar-refractivity contribution < 1.29 is 4.79 Å². The lowest BCUT2D eigenvalue weighted by Gasteiger charge is -2.18. The van der Waals surface area contributed by atoms with Crippen molar-refractivity contribution in [1.82, 2.24) is 4.90 Å². The second-order valence-electron chi connectivity index (χ2n) is 5.51. The van der Waals surface area contributed by atoms with Crippen molar-refractivity contribution in [2.45, 2.75) is 12.3 Å². The van der Waals surface area contributed by atoms with Gasteiger partial charge in [0, 0.05) is 19.0 Å². The number of amides is 1. The Hall–Kier alpha value is -0.930. The van der Waals surface area contributed by atoms with E-state index in [0.717, 1.165) is 12.0 Å². The van der Waals surface area contributed by atoms with Crippen molar-refractivity contribution in [2.24, 2.45) is 0 Å². The minimum Gasteiger partial charge on any atom is -0.338 e. The van der Waals surface area contributed by atoms with Crippen molar-refractivity contribution in [1.29, 1.82) is 0 Å². The number of carbonyl (C=O) groups is 1. The summed E-state index contributed by atoms with van der Waals surface area (Å²) in [5.74, 6) is 0.0955. The predicted molar refractivity (Wildman–Crippen MR) is 96.2 cm³/mol. The summed E-state index contributed by atoms with van der Waals surface area (Å²) < 4.78 is 0. The second kappa shape index (κ2) is 6.90. The van der Waals surface area contributed by atoms with Crippen LogP contribution in [-0.4, -0.2) is 23.9 Å². The van der Waals surface area contributed by atoms with Gasteiger partial charge in [0.05, 0.1) is 25.7 Å². The molecule has 0 aliphatic carbocycles. The fourth-order valence-corrected chi connectivity index (χ4v) is 3.71. The molecule has 0 N–H and O–H groups in total. The van der Waals surface area contributed by atoms with Gasteiger partial charge in [0.1, 0.15) is 0 Å². The minimum absolute atomic E-state index is 0.136. The van der Waals surface area contributed by atoms with E-state index in [0.29, 0.717) is 38.7 Å². The predicted octanol–water partition coefficient (Wildman–Crippen LogP) is 5.93. The molecule has 23 heavy (non-hydrogen) atoms. The van der Waals surface area contributed by atoms with Crippen molar-refractivity contribution in [3.63, 3.8) is 0 Å². The number of carbonyl (C=O) groups excluding carboxylic acids is 1. The van der Waals surface area contributed by atoms with E-state index < -0.39 is 0 Å². The van der Waals surface area contributed by atoms with Crippen LogP contribution in [0.25, 0.3) is 0 Å². The molecule has 6 heteroatoms. The second-order valence-corrected chi connectivity index (χ2v) is 7.14. The lowest BCUT2D eigenvalue weighted by molar-refractivity contribution is 0.0791. The number of hydrogen-bond acceptors (Lipinski definition) is 1. The largest absolute Gasteiger partial charge is 0.338 e. The van der Waals surface area contributed by atoms with Gasteiger partial charge >= 0.3 is 0 Å². The molecule has 0 radical (unpaired) electrons. The minimum atomic E-state index is -0.136. The number of likely N-dealkylation sites (tertiary alicyclic amines) is 1. The molecule has 1 aliphatic rings. The van der Waals surface area contributed by atoms with Gasteiger partial charge < -0.3 is 4.90 Å². The highest BCUT2D eigenvalue weighted by Crippen LogP contribution is 2.34. The number of halogens is 4. The Morgan fingerprint density at radius 3 is 2.30 bits per heavy atom. The average molecular weight is 389 g/mol. The zero-order valence-electron chi connectivity index (χ0n) is 12.0. The molecule has 1 aliphatic heterocycles. The first-order chi connectivity index (χ1) is 11.0. The van der Waals surface area contributed by atoms with Gasteiger partial charge in [-0.05, 0) is 36.2 Å². The Morgan fingerprint density at radius 2 is 1.65 bits per heavy atom. The third-order valence-electron chi connectivity index (χ3n) is 4.07. The third-order valence-corrected chi connectivity index (χ3v) is 5.44. The molecule has 120 valence electrons. The maximum absolute atomic E-state index is 12.7. The molecule has 1 atom stereocenters. The molecule has 1 amide bonds. The molecule has 1 fully saturated rings. The van der Waals surface area contributed by atoms with Crippen LogP contribution < -0.4 is 0 Å². The van der Waals surface area contributed by atoms with Gasteiger partial charge in [-0.15, -0.1) is 0 Å². The molecule has 3 rings (SSSR count). The first kappa shape index (κ1) is 16.9. The smallest absolute Gasteiger partial charge is 0.256 e. The number of hydrogen-bond donors (Lipinski definition) is 0. The average Bonchev–Trinajstić information content (AvgIpc) is 2.99. The fourth-order valence-electron chi connectivity index (χ4n) is 2.84. The molecule has 1 saturated heterocycles. The molecule has 0 spiro atoms. The molecular formula is C17H13Cl4NO. The summed E-state index contributed by atoms with van der Waals surface area (Å²) >= 11 is 24.3. The van der Waals surface area contributed by atoms with Gasteiger partial charge in [-0.3, -0.25) is 4.79 Å². The van der Waals surface area contributed by atoms with Crippen LogP contribution in [0.3, 0.4) is 0 Å². The normalized spacial score (nSPS) is 17.6. The van der Waals surface area contributed by atoms with Gasteiger partial charge in [0.2, 0.25) is 0 Å². The molecule has 0 saturated carbocycles. The van der Waals surface area contributed by atoms with Crippen molar-refractivity contribution in [3.8, 4) is 0 Å². The fraction of sp³-hybridized carbons (Fsp3) is 0.235. The lowest BCUT2D eigenvalue weighted by atomic mass is 9.99. The van der Waals surface area contributed by atoms with E-state index in [1.165, 1.54) is 0 Å². The molecule has 2 aromatic rings. The standard InChI is InChI=1S/C17H13Cl4NO/c18-12-5-4-10(8-15(12)21)11-6-7-22(9-11)17(23)16-13(19)2-1-3-14(16)20/h1-5,8,11H,6-7,9H2. The Balaban J connectivity index is 1.79. The topological polar surface area (TPSA) is 20.3 Å². The van der Waals surface area contributed by atoms with Crippen molar-refractivity contribution in [2.75, 3.05) is 13.1 Å². The zero-order valence-corrected chi connectivity index (χ0v) is 15.1. The highest BCUT2D eigenvalue weighted by atomic mass is 35.5. The Morgan fingerprint density at radius 1 is 0.957 bits per heavy atom. The van der Waals surface area contributed by atoms with Crippen LogP contribution in [0.2, 0.25) is 20.1 Å². The monoisotopic (exact) mass is 387 g/mol. The molecule has 1 heterocycles. The summed E-state index contributed by atoms with van der Waals surface area (Å²) in [4.78, 5) is 14.5. The van der Waals surface area contributed by atoms with E-state index in [4.69, 9.17) is 46.4 Å². The first-order valence-electron chi connectivity index (χ1n) is 7.15. The van der Waals surface area contributed by atoms with E-state index in [1.54, 1.807) is 29.2 Å². The summed E-state index contributed by atoms with van der Waals surface area (Å²) in [6.45, 7) is 1.27. The van der Waals surface area contributed by atoms with Crippen molar-refractivity contribution in [3.05, 3.63) is 67.6 Å². The van der Waals surface area contributed by atoms with Crippen LogP contribution in [0.5, 0.6) is 0 Å². The van der Waals surface area contributed by atoms with E-state index >= 15 is 0 Å². The third kappa shape index (κ3) is 3.46. The molecule has 2 aromatic carbocycles. The first-order valence-corrected chi connectivity index (χ1v) is 8.67. The molecular weight excluding hydrogens is 376 g/mol. The van der Waals surface area contributed by atoms with E-state index in [9.17, 15) is 4.79 Å². The van der Waals surface area contributed by atoms with Crippen molar-refractivity contribution >= 4 is 52.3 Å². The van der Waals surface area contributed by atoms with Gasteiger partial charge in [-0.1, -0.05) is 58.5 Å². The highest BCUT2D eigenvalue weighted by molar-refractivity contribution is 6.42. The molecule has 2 nitrogen and oxygen atoms in total. The number of nitrogens with zero attached hydrogens (tertiary/aromatic N) is 1. The van der Waals surface area contributed by atoms with Gasteiger partial charge in [-0.25, -0.2) is 0 Å². The molecule has 0 aromatic heterocycles. The van der Waals surface area contributed by atoms with E-state index in [1.807, 2.05) is 12.1 Å². The quantitative estimate of drug-likeness (QED) is 0.624. The summed E-state index contributed by atoms with van der Waals surface area (Å²) in [6, 6.07) is 10.7. The summed E-state index contributed by atoms with van der Waals surface area (Å²) in [7, 11) is 0. The Bertz CT molecular complexity index is 742. The summed E-state index contributed by atoms with van der Waals surface area (Å²) in [5, 5.41) is 1.81. The maximum Gasteiger partial charge on any atom is 0.256 e. The van der Waals surface area contributed by atoms with Gasteiger partial charge in [0.15, 0.2) is 0 Å². The van der Waals surface area contributed by atoms with Crippen LogP contribution in [0.15, 0.2) is 36.4 Å². The van der Waals surface area contributed by atoms with E-state index in [-0.39, 0.29) is 11.8 Å². The van der Waals surface area contributed by atoms with Crippen LogP contribution in [0.4, 0.5) is 0 Å². The van der Waals surface area contributed by atoms with Gasteiger partial charge in [-0.2, -0.15) is 0 Å². The molecule has 0 bridgehead atoms. The van der Waals surface area contributed by atoms with Crippen LogP contribution in [-0.2, 0) is 0 Å². The Labute approximate surface area is 154 Å². The zero-order chi connectivity index (χ0) is 16.6. The van der Waals surface area contributed by atoms with Crippen LogP contribution >= 0.6 is 46.4 Å². The van der Waals surface area contributed by atoms with Gasteiger partial charge in [0.25, 0.3) is 5.91 Å². The number of benzene rings is 2. The highest BCUT2D eigenvalue weighted by Gasteiger charge is 2.30. The lowest BCUT2D eigenvalue weighted by Crippen LogP contribution is -2.29. The summed E-state index contributed by atoms with van der Waals surface area (Å²) in [5.41, 5.74) is 1.45. The summed E-state index contributed by atoms with van der Waals surface area (Å²) in [6.07, 6.45) is 0.867. The maximum atomic E-state index is 12.7.